The van der Waals surface area contributed by atoms with Crippen LogP contribution in [0.5, 0.6) is 0 Å². The molecule has 2 aromatic rings. The van der Waals surface area contributed by atoms with Crippen LogP contribution in [0.25, 0.3) is 0 Å². The second-order valence-electron chi connectivity index (χ2n) is 19.8. The maximum Gasteiger partial charge on any atom is 0.0701 e. The standard InChI is InChI=1S/C52H104N2O2.2C5H5N/c1-7-11-13-15-17-19-21-23-25-27-29-31-33-35-37-39-41-53(49-51(5)9-3)43-45-55-47-48-56-46-44-54(50-52(6)10-4)42-40-38-36-34-32-30-28-26-24-22-20-18-16-14-12-8-2;2*1-2-4-6-5-3-1/h23-26,51-52H,7-22,27-50H2,1-6H3;2*1-5H/b25-23+,26-24+;;. The molecule has 394 valence electrons. The Morgan fingerprint density at radius 3 is 0.912 bits per heavy atom. The van der Waals surface area contributed by atoms with Crippen molar-refractivity contribution < 1.29 is 9.47 Å². The average molecular weight is 948 g/mol. The van der Waals surface area contributed by atoms with Gasteiger partial charge in [0.25, 0.3) is 0 Å². The first kappa shape index (κ1) is 65.6. The van der Waals surface area contributed by atoms with Gasteiger partial charge in [0.15, 0.2) is 0 Å². The fourth-order valence-electron chi connectivity index (χ4n) is 8.23. The molecule has 6 heteroatoms. The zero-order valence-electron chi connectivity index (χ0n) is 46.1. The molecule has 2 atom stereocenters. The lowest BCUT2D eigenvalue weighted by Gasteiger charge is -2.25. The fraction of sp³-hybridized carbons (Fsp3) is 0.774. The average Bonchev–Trinajstić information content (AvgIpc) is 3.37. The molecule has 0 radical (unpaired) electrons. The maximum absolute atomic E-state index is 6.08. The molecule has 0 fully saturated rings. The normalized spacial score (nSPS) is 12.4. The van der Waals surface area contributed by atoms with Crippen molar-refractivity contribution in [3.63, 3.8) is 0 Å². The second kappa shape index (κ2) is 57.2. The summed E-state index contributed by atoms with van der Waals surface area (Å²) < 4.78 is 12.2. The highest BCUT2D eigenvalue weighted by atomic mass is 16.5. The molecule has 0 saturated heterocycles. The Morgan fingerprint density at radius 2 is 0.647 bits per heavy atom. The molecule has 0 aliphatic carbocycles. The first-order valence-corrected chi connectivity index (χ1v) is 29.2. The van der Waals surface area contributed by atoms with Gasteiger partial charge in [-0.15, -0.1) is 0 Å². The fourth-order valence-corrected chi connectivity index (χ4v) is 8.23. The van der Waals surface area contributed by atoms with E-state index in [1.165, 1.54) is 219 Å². The van der Waals surface area contributed by atoms with Gasteiger partial charge in [0.2, 0.25) is 0 Å². The minimum atomic E-state index is 0.714. The number of pyridine rings is 2. The van der Waals surface area contributed by atoms with Gasteiger partial charge in [0.1, 0.15) is 0 Å². The molecule has 2 heterocycles. The summed E-state index contributed by atoms with van der Waals surface area (Å²) in [5.74, 6) is 1.50. The third-order valence-corrected chi connectivity index (χ3v) is 13.1. The molecular weight excluding hydrogens is 833 g/mol. The van der Waals surface area contributed by atoms with Gasteiger partial charge in [-0.2, -0.15) is 0 Å². The molecule has 0 amide bonds. The van der Waals surface area contributed by atoms with Crippen molar-refractivity contribution in [3.8, 4) is 0 Å². The van der Waals surface area contributed by atoms with Crippen molar-refractivity contribution in [2.45, 2.75) is 234 Å². The van der Waals surface area contributed by atoms with Crippen molar-refractivity contribution >= 4 is 0 Å². The van der Waals surface area contributed by atoms with E-state index in [1.54, 1.807) is 24.8 Å². The van der Waals surface area contributed by atoms with E-state index < -0.39 is 0 Å². The molecule has 2 aromatic heterocycles. The predicted octanol–water partition coefficient (Wildman–Crippen LogP) is 18.0. The molecule has 6 nitrogen and oxygen atoms in total. The van der Waals surface area contributed by atoms with Crippen LogP contribution in [0.4, 0.5) is 0 Å². The van der Waals surface area contributed by atoms with E-state index in [2.05, 4.69) is 85.6 Å². The van der Waals surface area contributed by atoms with Crippen LogP contribution in [0.1, 0.15) is 234 Å². The topological polar surface area (TPSA) is 50.7 Å². The summed E-state index contributed by atoms with van der Waals surface area (Å²) in [7, 11) is 0. The zero-order chi connectivity index (χ0) is 49.3. The van der Waals surface area contributed by atoms with Crippen LogP contribution >= 0.6 is 0 Å². The Hall–Kier alpha value is -2.38. The predicted molar refractivity (Wildman–Crippen MR) is 301 cm³/mol. The van der Waals surface area contributed by atoms with Crippen molar-refractivity contribution in [2.24, 2.45) is 11.8 Å². The molecule has 0 bridgehead atoms. The first-order valence-electron chi connectivity index (χ1n) is 29.2. The molecular formula is C62H114N4O2. The van der Waals surface area contributed by atoms with Crippen LogP contribution in [0.3, 0.4) is 0 Å². The van der Waals surface area contributed by atoms with Crippen LogP contribution in [0.15, 0.2) is 85.5 Å². The summed E-state index contributed by atoms with van der Waals surface area (Å²) in [6.45, 7) is 24.0. The number of hydrogen-bond acceptors (Lipinski definition) is 6. The van der Waals surface area contributed by atoms with Crippen molar-refractivity contribution in [1.82, 2.24) is 19.8 Å². The van der Waals surface area contributed by atoms with E-state index in [0.29, 0.717) is 13.2 Å². The van der Waals surface area contributed by atoms with Gasteiger partial charge in [0, 0.05) is 51.0 Å². The van der Waals surface area contributed by atoms with Gasteiger partial charge in [0.05, 0.1) is 26.4 Å². The second-order valence-corrected chi connectivity index (χ2v) is 19.8. The SMILES string of the molecule is CCCCCCCC/C=C/CCCCCCCCN(CCOCCOCCN(CCCCCCCC/C=C/CCCCCCCC)CC(C)CC)CC(C)CC.c1ccncc1.c1ccncc1. The van der Waals surface area contributed by atoms with E-state index in [9.17, 15) is 0 Å². The van der Waals surface area contributed by atoms with Crippen LogP contribution in [0.2, 0.25) is 0 Å². The summed E-state index contributed by atoms with van der Waals surface area (Å²) in [5, 5.41) is 0. The summed E-state index contributed by atoms with van der Waals surface area (Å²) in [5.41, 5.74) is 0. The van der Waals surface area contributed by atoms with Crippen molar-refractivity contribution in [3.05, 3.63) is 85.5 Å². The smallest absolute Gasteiger partial charge is 0.0701 e. The van der Waals surface area contributed by atoms with E-state index >= 15 is 0 Å². The molecule has 2 rings (SSSR count). The van der Waals surface area contributed by atoms with Gasteiger partial charge in [-0.3, -0.25) is 9.97 Å². The van der Waals surface area contributed by atoms with E-state index in [4.69, 9.17) is 9.47 Å². The third-order valence-electron chi connectivity index (χ3n) is 13.1. The number of allylic oxidation sites excluding steroid dienone is 4. The number of unbranched alkanes of at least 4 members (excludes halogenated alkanes) is 24. The van der Waals surface area contributed by atoms with Gasteiger partial charge >= 0.3 is 0 Å². The van der Waals surface area contributed by atoms with Crippen LogP contribution in [0, 0.1) is 11.8 Å². The van der Waals surface area contributed by atoms with Gasteiger partial charge in [-0.05, 0) is 113 Å². The van der Waals surface area contributed by atoms with Crippen LogP contribution in [-0.4, -0.2) is 85.5 Å². The van der Waals surface area contributed by atoms with Gasteiger partial charge < -0.3 is 19.3 Å². The molecule has 0 spiro atoms. The number of aromatic nitrogens is 2. The quantitative estimate of drug-likeness (QED) is 0.0487. The Balaban J connectivity index is 0.00000320. The van der Waals surface area contributed by atoms with Gasteiger partial charge in [-0.1, -0.05) is 206 Å². The highest BCUT2D eigenvalue weighted by molar-refractivity contribution is 4.89. The minimum absolute atomic E-state index is 0.714. The molecule has 2 unspecified atom stereocenters. The Bertz CT molecular complexity index is 1080. The molecule has 0 aliphatic heterocycles. The summed E-state index contributed by atoms with van der Waals surface area (Å²) >= 11 is 0. The number of rotatable bonds is 47. The summed E-state index contributed by atoms with van der Waals surface area (Å²) in [4.78, 5) is 12.9. The van der Waals surface area contributed by atoms with Gasteiger partial charge in [-0.25, -0.2) is 0 Å². The van der Waals surface area contributed by atoms with E-state index in [-0.39, 0.29) is 0 Å². The van der Waals surface area contributed by atoms with Crippen LogP contribution in [-0.2, 0) is 9.47 Å². The Labute approximate surface area is 424 Å². The Kier molecular flexibility index (Phi) is 55.2. The monoisotopic (exact) mass is 947 g/mol. The van der Waals surface area contributed by atoms with Crippen LogP contribution < -0.4 is 0 Å². The Morgan fingerprint density at radius 1 is 0.353 bits per heavy atom. The lowest BCUT2D eigenvalue weighted by molar-refractivity contribution is 0.0285. The van der Waals surface area contributed by atoms with Crippen molar-refractivity contribution in [1.29, 1.82) is 0 Å². The molecule has 0 N–H and O–H groups in total. The highest BCUT2D eigenvalue weighted by Gasteiger charge is 2.11. The lowest BCUT2D eigenvalue weighted by Crippen LogP contribution is -2.33. The summed E-state index contributed by atoms with van der Waals surface area (Å²) in [6, 6.07) is 11.4. The van der Waals surface area contributed by atoms with E-state index in [0.717, 1.165) is 38.1 Å². The third kappa shape index (κ3) is 53.0. The lowest BCUT2D eigenvalue weighted by atomic mass is 10.1. The zero-order valence-corrected chi connectivity index (χ0v) is 46.1. The minimum Gasteiger partial charge on any atom is -0.378 e. The largest absolute Gasteiger partial charge is 0.378 e. The molecule has 68 heavy (non-hydrogen) atoms. The molecule has 0 saturated carbocycles. The van der Waals surface area contributed by atoms with Crippen molar-refractivity contribution in [2.75, 3.05) is 65.7 Å². The summed E-state index contributed by atoms with van der Waals surface area (Å²) in [6.07, 6.45) is 57.7. The number of ether oxygens (including phenoxy) is 2. The van der Waals surface area contributed by atoms with E-state index in [1.807, 2.05) is 36.4 Å². The highest BCUT2D eigenvalue weighted by Crippen LogP contribution is 2.14. The molecule has 0 aromatic carbocycles. The number of nitrogens with zero attached hydrogens (tertiary/aromatic N) is 4. The number of hydrogen-bond donors (Lipinski definition) is 0. The maximum atomic E-state index is 6.08. The molecule has 0 aliphatic rings. The first-order chi connectivity index (χ1) is 33.6.